The fourth-order valence-electron chi connectivity index (χ4n) is 1.69. The van der Waals surface area contributed by atoms with Gasteiger partial charge < -0.3 is 11.1 Å². The van der Waals surface area contributed by atoms with Crippen molar-refractivity contribution in [3.05, 3.63) is 23.8 Å². The Hall–Kier alpha value is -1.44. The third-order valence-electron chi connectivity index (χ3n) is 3.16. The molecule has 1 atom stereocenters. The summed E-state index contributed by atoms with van der Waals surface area (Å²) >= 11 is 0. The monoisotopic (exact) mass is 313 g/mol. The van der Waals surface area contributed by atoms with Gasteiger partial charge in [-0.05, 0) is 30.5 Å². The van der Waals surface area contributed by atoms with E-state index >= 15 is 0 Å². The second kappa shape index (κ2) is 7.02. The Morgan fingerprint density at radius 1 is 1.33 bits per heavy atom. The highest BCUT2D eigenvalue weighted by Crippen LogP contribution is 2.20. The molecule has 21 heavy (non-hydrogen) atoms. The van der Waals surface area contributed by atoms with Gasteiger partial charge in [-0.1, -0.05) is 19.9 Å². The van der Waals surface area contributed by atoms with Gasteiger partial charge in [-0.2, -0.15) is 0 Å². The lowest BCUT2D eigenvalue weighted by atomic mass is 10.1. The number of aryl methyl sites for hydroxylation is 1. The van der Waals surface area contributed by atoms with E-state index < -0.39 is 10.0 Å². The number of nitrogens with one attached hydrogen (secondary N) is 2. The molecule has 0 radical (unpaired) electrons. The molecule has 1 unspecified atom stereocenters. The molecular formula is C14H23N3O3S. The second-order valence-electron chi connectivity index (χ2n) is 5.42. The van der Waals surface area contributed by atoms with Crippen molar-refractivity contribution in [2.75, 3.05) is 11.9 Å². The van der Waals surface area contributed by atoms with Gasteiger partial charge >= 0.3 is 0 Å². The van der Waals surface area contributed by atoms with Crippen molar-refractivity contribution in [2.45, 2.75) is 38.6 Å². The van der Waals surface area contributed by atoms with Gasteiger partial charge in [0.25, 0.3) is 0 Å². The summed E-state index contributed by atoms with van der Waals surface area (Å²) in [6.07, 6.45) is 0. The van der Waals surface area contributed by atoms with Crippen molar-refractivity contribution in [3.8, 4) is 0 Å². The van der Waals surface area contributed by atoms with Crippen LogP contribution in [-0.2, 0) is 14.8 Å². The van der Waals surface area contributed by atoms with Crippen LogP contribution < -0.4 is 15.8 Å². The summed E-state index contributed by atoms with van der Waals surface area (Å²) in [4.78, 5) is 11.2. The average Bonchev–Trinajstić information content (AvgIpc) is 2.37. The SMILES string of the molecule is CC(=O)Nc1ccc(C)c(S(=O)(=O)NCC(N)C(C)C)c1. The number of carbonyl (C=O) groups is 1. The van der Waals surface area contributed by atoms with E-state index in [1.807, 2.05) is 13.8 Å². The van der Waals surface area contributed by atoms with Crippen LogP contribution in [0.1, 0.15) is 26.3 Å². The van der Waals surface area contributed by atoms with Crippen LogP contribution in [0.15, 0.2) is 23.1 Å². The van der Waals surface area contributed by atoms with Gasteiger partial charge in [0.15, 0.2) is 0 Å². The van der Waals surface area contributed by atoms with Gasteiger partial charge in [-0.3, -0.25) is 4.79 Å². The molecule has 0 heterocycles. The molecule has 0 aromatic heterocycles. The zero-order valence-corrected chi connectivity index (χ0v) is 13.6. The summed E-state index contributed by atoms with van der Waals surface area (Å²) in [5.74, 6) is -0.0727. The van der Waals surface area contributed by atoms with Crippen LogP contribution in [0.5, 0.6) is 0 Å². The fourth-order valence-corrected chi connectivity index (χ4v) is 3.03. The molecule has 0 bridgehead atoms. The van der Waals surface area contributed by atoms with Gasteiger partial charge in [0.05, 0.1) is 4.90 Å². The molecule has 7 heteroatoms. The first-order chi connectivity index (χ1) is 9.63. The first-order valence-corrected chi connectivity index (χ1v) is 8.25. The van der Waals surface area contributed by atoms with Crippen LogP contribution >= 0.6 is 0 Å². The molecule has 0 spiro atoms. The third-order valence-corrected chi connectivity index (χ3v) is 4.73. The number of anilines is 1. The minimum Gasteiger partial charge on any atom is -0.326 e. The average molecular weight is 313 g/mol. The van der Waals surface area contributed by atoms with E-state index in [1.165, 1.54) is 13.0 Å². The maximum atomic E-state index is 12.3. The van der Waals surface area contributed by atoms with E-state index in [-0.39, 0.29) is 29.3 Å². The van der Waals surface area contributed by atoms with Crippen molar-refractivity contribution in [2.24, 2.45) is 11.7 Å². The molecule has 0 aliphatic heterocycles. The van der Waals surface area contributed by atoms with Gasteiger partial charge in [-0.15, -0.1) is 0 Å². The molecular weight excluding hydrogens is 290 g/mol. The number of carbonyl (C=O) groups excluding carboxylic acids is 1. The Labute approximate surface area is 126 Å². The first kappa shape index (κ1) is 17.6. The summed E-state index contributed by atoms with van der Waals surface area (Å²) in [5, 5.41) is 2.57. The highest BCUT2D eigenvalue weighted by atomic mass is 32.2. The Morgan fingerprint density at radius 3 is 2.48 bits per heavy atom. The Balaban J connectivity index is 2.99. The molecule has 6 nitrogen and oxygen atoms in total. The molecule has 1 aromatic carbocycles. The summed E-state index contributed by atoms with van der Waals surface area (Å²) in [7, 11) is -3.66. The van der Waals surface area contributed by atoms with E-state index in [2.05, 4.69) is 10.0 Å². The van der Waals surface area contributed by atoms with Crippen LogP contribution in [0.2, 0.25) is 0 Å². The normalized spacial score (nSPS) is 13.2. The van der Waals surface area contributed by atoms with E-state index in [4.69, 9.17) is 5.73 Å². The van der Waals surface area contributed by atoms with E-state index in [0.717, 1.165) is 0 Å². The molecule has 4 N–H and O–H groups in total. The lowest BCUT2D eigenvalue weighted by Crippen LogP contribution is -2.40. The van der Waals surface area contributed by atoms with E-state index in [0.29, 0.717) is 11.3 Å². The molecule has 0 fully saturated rings. The number of hydrogen-bond acceptors (Lipinski definition) is 4. The lowest BCUT2D eigenvalue weighted by Gasteiger charge is -2.17. The number of nitrogens with two attached hydrogens (primary N) is 1. The summed E-state index contributed by atoms with van der Waals surface area (Å²) in [5.41, 5.74) is 6.90. The van der Waals surface area contributed by atoms with E-state index in [9.17, 15) is 13.2 Å². The summed E-state index contributed by atoms with van der Waals surface area (Å²) < 4.78 is 27.2. The van der Waals surface area contributed by atoms with Crippen LogP contribution in [0.4, 0.5) is 5.69 Å². The predicted molar refractivity (Wildman–Crippen MR) is 83.5 cm³/mol. The maximum Gasteiger partial charge on any atom is 0.240 e. The largest absolute Gasteiger partial charge is 0.326 e. The highest BCUT2D eigenvalue weighted by molar-refractivity contribution is 7.89. The Bertz CT molecular complexity index is 612. The maximum absolute atomic E-state index is 12.3. The molecule has 0 aliphatic rings. The first-order valence-electron chi connectivity index (χ1n) is 6.77. The summed E-state index contributed by atoms with van der Waals surface area (Å²) in [6, 6.07) is 4.51. The Kier molecular flexibility index (Phi) is 5.88. The van der Waals surface area contributed by atoms with E-state index in [1.54, 1.807) is 19.1 Å². The summed E-state index contributed by atoms with van der Waals surface area (Å²) in [6.45, 7) is 7.11. The van der Waals surface area contributed by atoms with Crippen LogP contribution in [0, 0.1) is 12.8 Å². The molecule has 0 saturated heterocycles. The number of amides is 1. The lowest BCUT2D eigenvalue weighted by molar-refractivity contribution is -0.114. The third kappa shape index (κ3) is 5.11. The highest BCUT2D eigenvalue weighted by Gasteiger charge is 2.19. The van der Waals surface area contributed by atoms with Crippen LogP contribution in [0.25, 0.3) is 0 Å². The minimum absolute atomic E-state index is 0.143. The predicted octanol–water partition coefficient (Wildman–Crippen LogP) is 1.22. The topological polar surface area (TPSA) is 101 Å². The number of sulfonamides is 1. The van der Waals surface area contributed by atoms with Crippen LogP contribution in [0.3, 0.4) is 0 Å². The van der Waals surface area contributed by atoms with Crippen molar-refractivity contribution >= 4 is 21.6 Å². The fraction of sp³-hybridized carbons (Fsp3) is 0.500. The standard InChI is InChI=1S/C14H23N3O3S/c1-9(2)13(15)8-16-21(19,20)14-7-12(17-11(4)18)6-5-10(14)3/h5-7,9,13,16H,8,15H2,1-4H3,(H,17,18). The van der Waals surface area contributed by atoms with Gasteiger partial charge in [0.1, 0.15) is 0 Å². The van der Waals surface area contributed by atoms with Gasteiger partial charge in [0.2, 0.25) is 15.9 Å². The minimum atomic E-state index is -3.66. The quantitative estimate of drug-likeness (QED) is 0.735. The molecule has 118 valence electrons. The zero-order valence-electron chi connectivity index (χ0n) is 12.8. The molecule has 0 saturated carbocycles. The Morgan fingerprint density at radius 2 is 1.95 bits per heavy atom. The van der Waals surface area contributed by atoms with Crippen molar-refractivity contribution in [1.82, 2.24) is 4.72 Å². The molecule has 1 rings (SSSR count). The zero-order chi connectivity index (χ0) is 16.2. The number of benzene rings is 1. The van der Waals surface area contributed by atoms with Crippen molar-refractivity contribution < 1.29 is 13.2 Å². The molecule has 0 aliphatic carbocycles. The van der Waals surface area contributed by atoms with Crippen molar-refractivity contribution in [3.63, 3.8) is 0 Å². The number of hydrogen-bond donors (Lipinski definition) is 3. The van der Waals surface area contributed by atoms with Gasteiger partial charge in [-0.25, -0.2) is 13.1 Å². The molecule has 1 amide bonds. The molecule has 1 aromatic rings. The second-order valence-corrected chi connectivity index (χ2v) is 7.16. The smallest absolute Gasteiger partial charge is 0.240 e. The number of rotatable bonds is 6. The van der Waals surface area contributed by atoms with Crippen LogP contribution in [-0.4, -0.2) is 26.9 Å². The van der Waals surface area contributed by atoms with Gasteiger partial charge in [0, 0.05) is 25.2 Å². The van der Waals surface area contributed by atoms with Crippen molar-refractivity contribution in [1.29, 1.82) is 0 Å².